The lowest BCUT2D eigenvalue weighted by Crippen LogP contribution is -2.44. The summed E-state index contributed by atoms with van der Waals surface area (Å²) in [4.78, 5) is 20.9. The summed E-state index contributed by atoms with van der Waals surface area (Å²) in [5.74, 6) is 0.933. The van der Waals surface area contributed by atoms with Crippen molar-refractivity contribution in [3.8, 4) is 17.0 Å². The largest absolute Gasteiger partial charge is 0.494 e. The topological polar surface area (TPSA) is 58.9 Å². The van der Waals surface area contributed by atoms with Crippen molar-refractivity contribution in [3.63, 3.8) is 0 Å². The van der Waals surface area contributed by atoms with Crippen LogP contribution in [0.5, 0.6) is 5.75 Å². The molecule has 9 heteroatoms. The van der Waals surface area contributed by atoms with E-state index in [2.05, 4.69) is 46.1 Å². The average molecular weight is 632 g/mol. The molecule has 0 saturated carbocycles. The Balaban J connectivity index is 1.17. The molecule has 6 nitrogen and oxygen atoms in total. The summed E-state index contributed by atoms with van der Waals surface area (Å²) in [7, 11) is 0. The number of nitrogens with one attached hydrogen (secondary N) is 1. The number of aromatic nitrogens is 1. The number of rotatable bonds is 15. The molecule has 0 unspecified atom stereocenters. The molecular weight excluding hydrogens is 587 g/mol. The fourth-order valence-corrected chi connectivity index (χ4v) is 6.41. The van der Waals surface area contributed by atoms with Gasteiger partial charge in [-0.2, -0.15) is 0 Å². The maximum atomic E-state index is 12.5. The molecule has 0 spiro atoms. The zero-order valence-corrected chi connectivity index (χ0v) is 27.2. The number of ether oxygens (including phenoxy) is 1. The highest BCUT2D eigenvalue weighted by molar-refractivity contribution is 7.07. The third-order valence-electron chi connectivity index (χ3n) is 7.60. The van der Waals surface area contributed by atoms with Gasteiger partial charge >= 0.3 is 0 Å². The monoisotopic (exact) mass is 630 g/mol. The molecule has 2 aromatic carbocycles. The SMILES string of the molecule is CCCCN=c1scc(-c2ccc(OCCCC(=O)NC3CCN(Cc4ccc(Cl)c(Cl)c4)CC3)cc2)n1CCCC. The Morgan fingerprint density at radius 3 is 2.50 bits per heavy atom. The van der Waals surface area contributed by atoms with Gasteiger partial charge in [0.1, 0.15) is 5.75 Å². The maximum absolute atomic E-state index is 12.5. The molecule has 4 rings (SSSR count). The molecular formula is C33H44Cl2N4O2S. The molecule has 228 valence electrons. The first-order chi connectivity index (χ1) is 20.5. The molecule has 0 aliphatic carbocycles. The fourth-order valence-electron chi connectivity index (χ4n) is 5.13. The van der Waals surface area contributed by atoms with E-state index in [0.29, 0.717) is 29.5 Å². The minimum absolute atomic E-state index is 0.103. The first-order valence-electron chi connectivity index (χ1n) is 15.3. The second-order valence-electron chi connectivity index (χ2n) is 11.0. The lowest BCUT2D eigenvalue weighted by Gasteiger charge is -2.32. The minimum atomic E-state index is 0.103. The Hall–Kier alpha value is -2.32. The van der Waals surface area contributed by atoms with Crippen LogP contribution in [-0.2, 0) is 17.9 Å². The molecule has 3 aromatic rings. The second-order valence-corrected chi connectivity index (χ2v) is 12.6. The summed E-state index contributed by atoms with van der Waals surface area (Å²) in [6.07, 6.45) is 7.63. The first-order valence-corrected chi connectivity index (χ1v) is 17.0. The zero-order chi connectivity index (χ0) is 29.7. The molecule has 0 atom stereocenters. The Morgan fingerprint density at radius 1 is 1.02 bits per heavy atom. The van der Waals surface area contributed by atoms with Crippen molar-refractivity contribution in [3.05, 3.63) is 68.3 Å². The summed E-state index contributed by atoms with van der Waals surface area (Å²) in [6.45, 7) is 9.55. The maximum Gasteiger partial charge on any atom is 0.220 e. The van der Waals surface area contributed by atoms with Gasteiger partial charge in [-0.25, -0.2) is 0 Å². The number of hydrogen-bond acceptors (Lipinski definition) is 5. The molecule has 1 fully saturated rings. The first kappa shape index (κ1) is 32.6. The normalized spacial score (nSPS) is 14.8. The van der Waals surface area contributed by atoms with Gasteiger partial charge in [-0.05, 0) is 79.6 Å². The predicted molar refractivity (Wildman–Crippen MR) is 176 cm³/mol. The van der Waals surface area contributed by atoms with E-state index in [-0.39, 0.29) is 11.9 Å². The van der Waals surface area contributed by atoms with Crippen LogP contribution in [0.2, 0.25) is 10.0 Å². The summed E-state index contributed by atoms with van der Waals surface area (Å²) in [6, 6.07) is 14.3. The van der Waals surface area contributed by atoms with E-state index in [1.165, 1.54) is 11.3 Å². The van der Waals surface area contributed by atoms with Crippen LogP contribution in [0, 0.1) is 0 Å². The van der Waals surface area contributed by atoms with Gasteiger partial charge in [0.25, 0.3) is 0 Å². The van der Waals surface area contributed by atoms with Crippen LogP contribution < -0.4 is 14.9 Å². The number of likely N-dealkylation sites (tertiary alicyclic amines) is 1. The van der Waals surface area contributed by atoms with Gasteiger partial charge in [0.15, 0.2) is 4.80 Å². The summed E-state index contributed by atoms with van der Waals surface area (Å²) >= 11 is 13.9. The Bertz CT molecular complexity index is 1330. The number of unbranched alkanes of at least 4 members (excludes halogenated alkanes) is 2. The second kappa shape index (κ2) is 17.1. The van der Waals surface area contributed by atoms with Crippen molar-refractivity contribution in [2.75, 3.05) is 26.2 Å². The number of nitrogens with zero attached hydrogens (tertiary/aromatic N) is 3. The van der Waals surface area contributed by atoms with Crippen molar-refractivity contribution in [2.45, 2.75) is 84.3 Å². The average Bonchev–Trinajstić information content (AvgIpc) is 3.40. The van der Waals surface area contributed by atoms with Crippen LogP contribution in [-0.4, -0.2) is 47.7 Å². The number of halogens is 2. The van der Waals surface area contributed by atoms with Crippen molar-refractivity contribution in [2.24, 2.45) is 4.99 Å². The molecule has 2 heterocycles. The Labute approximate surface area is 264 Å². The van der Waals surface area contributed by atoms with E-state index in [1.54, 1.807) is 11.3 Å². The third kappa shape index (κ3) is 9.87. The highest BCUT2D eigenvalue weighted by Gasteiger charge is 2.21. The molecule has 1 N–H and O–H groups in total. The number of benzene rings is 2. The van der Waals surface area contributed by atoms with Gasteiger partial charge in [0.2, 0.25) is 5.91 Å². The van der Waals surface area contributed by atoms with Gasteiger partial charge in [-0.15, -0.1) is 11.3 Å². The lowest BCUT2D eigenvalue weighted by atomic mass is 10.0. The van der Waals surface area contributed by atoms with Crippen molar-refractivity contribution < 1.29 is 9.53 Å². The molecule has 1 aliphatic rings. The van der Waals surface area contributed by atoms with Gasteiger partial charge in [0.05, 0.1) is 22.3 Å². The highest BCUT2D eigenvalue weighted by Crippen LogP contribution is 2.25. The van der Waals surface area contributed by atoms with Crippen molar-refractivity contribution in [1.29, 1.82) is 0 Å². The van der Waals surface area contributed by atoms with Gasteiger partial charge in [-0.1, -0.05) is 56.0 Å². The number of thiazole rings is 1. The highest BCUT2D eigenvalue weighted by atomic mass is 35.5. The molecule has 1 saturated heterocycles. The van der Waals surface area contributed by atoms with E-state index in [0.717, 1.165) is 87.4 Å². The number of carbonyl (C=O) groups is 1. The smallest absolute Gasteiger partial charge is 0.220 e. The van der Waals surface area contributed by atoms with Crippen LogP contribution in [0.25, 0.3) is 11.3 Å². The van der Waals surface area contributed by atoms with Gasteiger partial charge in [-0.3, -0.25) is 14.7 Å². The number of amides is 1. The Kier molecular flexibility index (Phi) is 13.3. The molecule has 1 aliphatic heterocycles. The molecule has 1 amide bonds. The van der Waals surface area contributed by atoms with Crippen LogP contribution in [0.1, 0.15) is 70.8 Å². The van der Waals surface area contributed by atoms with E-state index >= 15 is 0 Å². The molecule has 42 heavy (non-hydrogen) atoms. The fraction of sp³-hybridized carbons (Fsp3) is 0.515. The van der Waals surface area contributed by atoms with E-state index in [4.69, 9.17) is 32.9 Å². The predicted octanol–water partition coefficient (Wildman–Crippen LogP) is 7.96. The zero-order valence-electron chi connectivity index (χ0n) is 24.9. The van der Waals surface area contributed by atoms with Crippen molar-refractivity contribution in [1.82, 2.24) is 14.8 Å². The van der Waals surface area contributed by atoms with Gasteiger partial charge in [0, 0.05) is 50.6 Å². The standard InChI is InChI=1S/C33H44Cl2N4O2S/c1-3-5-17-36-33-39(18-6-4-2)31(24-42-33)26-10-12-28(13-11-26)41-21-7-8-32(40)37-27-15-19-38(20-16-27)23-25-9-14-29(34)30(35)22-25/h9-14,22,24,27H,3-8,15-21,23H2,1-2H3,(H,37,40). The van der Waals surface area contributed by atoms with E-state index in [9.17, 15) is 4.79 Å². The summed E-state index contributed by atoms with van der Waals surface area (Å²) in [5, 5.41) is 6.60. The molecule has 1 aromatic heterocycles. The number of carbonyl (C=O) groups excluding carboxylic acids is 1. The summed E-state index contributed by atoms with van der Waals surface area (Å²) in [5.41, 5.74) is 3.55. The Morgan fingerprint density at radius 2 is 1.79 bits per heavy atom. The number of piperidine rings is 1. The number of hydrogen-bond donors (Lipinski definition) is 1. The van der Waals surface area contributed by atoms with Crippen molar-refractivity contribution >= 4 is 40.4 Å². The minimum Gasteiger partial charge on any atom is -0.494 e. The molecule has 0 bridgehead atoms. The van der Waals surface area contributed by atoms with Crippen LogP contribution in [0.15, 0.2) is 52.8 Å². The quantitative estimate of drug-likeness (QED) is 0.173. The molecule has 0 radical (unpaired) electrons. The lowest BCUT2D eigenvalue weighted by molar-refractivity contribution is -0.122. The van der Waals surface area contributed by atoms with Gasteiger partial charge < -0.3 is 14.6 Å². The van der Waals surface area contributed by atoms with Crippen LogP contribution >= 0.6 is 34.5 Å². The van der Waals surface area contributed by atoms with E-state index in [1.807, 2.05) is 30.3 Å². The third-order valence-corrected chi connectivity index (χ3v) is 9.24. The van der Waals surface area contributed by atoms with E-state index < -0.39 is 0 Å². The van der Waals surface area contributed by atoms with Crippen LogP contribution in [0.3, 0.4) is 0 Å². The summed E-state index contributed by atoms with van der Waals surface area (Å²) < 4.78 is 8.32. The van der Waals surface area contributed by atoms with Crippen LogP contribution in [0.4, 0.5) is 0 Å².